The van der Waals surface area contributed by atoms with Gasteiger partial charge in [0.2, 0.25) is 0 Å². The fourth-order valence-electron chi connectivity index (χ4n) is 0. The van der Waals surface area contributed by atoms with Gasteiger partial charge in [0.25, 0.3) is 0 Å². The number of hydrogen-bond acceptors (Lipinski definition) is 1. The quantitative estimate of drug-likeness (QED) is 0.428. The smallest absolute Gasteiger partial charge is 1.00 e. The summed E-state index contributed by atoms with van der Waals surface area (Å²) in [4.78, 5) is 3.22. The van der Waals surface area contributed by atoms with Crippen LogP contribution in [0.3, 0.4) is 0 Å². The van der Waals surface area contributed by atoms with Crippen molar-refractivity contribution in [3.63, 3.8) is 0 Å². The van der Waals surface area contributed by atoms with Crippen LogP contribution < -0.4 is 24.8 Å². The van der Waals surface area contributed by atoms with Crippen molar-refractivity contribution < 1.29 is 47.6 Å². The summed E-state index contributed by atoms with van der Waals surface area (Å²) in [7, 11) is 0. The van der Waals surface area contributed by atoms with Crippen LogP contribution in [0.25, 0.3) is 0 Å². The summed E-state index contributed by atoms with van der Waals surface area (Å²) in [5.74, 6) is 0. The summed E-state index contributed by atoms with van der Waals surface area (Å²) in [6, 6.07) is 0. The molecule has 1 aliphatic rings. The molecule has 1 heterocycles. The van der Waals surface area contributed by atoms with E-state index in [0.29, 0.717) is 0 Å². The van der Waals surface area contributed by atoms with Crippen molar-refractivity contribution in [1.29, 1.82) is 0 Å². The van der Waals surface area contributed by atoms with E-state index < -0.39 is 0 Å². The van der Waals surface area contributed by atoms with E-state index in [0.717, 1.165) is 18.6 Å². The van der Waals surface area contributed by atoms with Gasteiger partial charge in [-0.25, -0.2) is 0 Å². The molecule has 50 valence electrons. The van der Waals surface area contributed by atoms with Gasteiger partial charge in [0.1, 0.15) is 0 Å². The Balaban J connectivity index is -0.0000000380. The molecule has 1 nitrogen and oxygen atoms in total. The first-order valence-corrected chi connectivity index (χ1v) is 4.77. The molecule has 1 saturated heterocycles. The minimum Gasteiger partial charge on any atom is -1.00 e. The van der Waals surface area contributed by atoms with Crippen LogP contribution in [0.5, 0.6) is 0 Å². The Morgan fingerprint density at radius 3 is 1.29 bits per heavy atom. The monoisotopic (exact) mass is 343 g/mol. The molecule has 0 unspecified atom stereocenters. The first-order valence-electron chi connectivity index (χ1n) is 1.15. The van der Waals surface area contributed by atoms with E-state index >= 15 is 0 Å². The summed E-state index contributed by atoms with van der Waals surface area (Å²) in [5.41, 5.74) is 0. The van der Waals surface area contributed by atoms with E-state index in [1.165, 1.54) is 0 Å². The summed E-state index contributed by atoms with van der Waals surface area (Å²) < 4.78 is 8.06. The van der Waals surface area contributed by atoms with E-state index in [-0.39, 0.29) is 24.8 Å². The van der Waals surface area contributed by atoms with Crippen LogP contribution in [-0.2, 0) is 31.1 Å². The zero-order valence-corrected chi connectivity index (χ0v) is 8.18. The molecule has 0 aromatic heterocycles. The minimum atomic E-state index is 0. The maximum absolute atomic E-state index is 8.06. The van der Waals surface area contributed by atoms with Crippen molar-refractivity contribution in [3.05, 3.63) is 0 Å². The normalized spacial score (nSPS) is 12.1. The number of rotatable bonds is 0. The van der Waals surface area contributed by atoms with Gasteiger partial charge in [-0.2, -0.15) is 0 Å². The fourth-order valence-corrected chi connectivity index (χ4v) is 0. The molecule has 1 fully saturated rings. The summed E-state index contributed by atoms with van der Waals surface area (Å²) >= 11 is 2.56. The zero-order valence-electron chi connectivity index (χ0n) is 3.39. The number of hydrogen-bond donors (Lipinski definition) is 0. The average molecular weight is 344 g/mol. The van der Waals surface area contributed by atoms with Gasteiger partial charge in [0.05, 0.1) is 0 Å². The Bertz CT molecular complexity index is 26.9. The molecular weight excluding hydrogens is 338 g/mol. The van der Waals surface area contributed by atoms with E-state index in [1.54, 1.807) is 22.2 Å². The Kier molecular flexibility index (Phi) is 35.3. The maximum atomic E-state index is 8.06. The molecule has 0 aliphatic carbocycles. The van der Waals surface area contributed by atoms with Crippen LogP contribution in [0.1, 0.15) is 0 Å². The molecule has 0 N–H and O–H groups in total. The molecule has 0 bridgehead atoms. The minimum absolute atomic E-state index is 0. The summed E-state index contributed by atoms with van der Waals surface area (Å²) in [6.45, 7) is 0. The third-order valence-corrected chi connectivity index (χ3v) is 1.29. The van der Waals surface area contributed by atoms with Gasteiger partial charge in [0, 0.05) is 0 Å². The van der Waals surface area contributed by atoms with Gasteiger partial charge in [-0.05, 0) is 12.5 Å². The van der Waals surface area contributed by atoms with Crippen molar-refractivity contribution in [3.8, 4) is 0 Å². The summed E-state index contributed by atoms with van der Waals surface area (Å²) in [6.07, 6.45) is 0. The third kappa shape index (κ3) is 37.2. The number of halogens is 2. The van der Waals surface area contributed by atoms with Gasteiger partial charge in [0.15, 0.2) is 0 Å². The Labute approximate surface area is 69.5 Å². The van der Waals surface area contributed by atoms with Crippen LogP contribution >= 0.6 is 0 Å². The van der Waals surface area contributed by atoms with Gasteiger partial charge < -0.3 is 24.8 Å². The van der Waals surface area contributed by atoms with E-state index in [4.69, 9.17) is 4.21 Å². The molecule has 1 aliphatic heterocycles. The van der Waals surface area contributed by atoms with Gasteiger partial charge in [-0.15, -0.1) is 0 Å². The molecule has 0 spiro atoms. The van der Waals surface area contributed by atoms with Crippen LogP contribution in [0, 0.1) is 0 Å². The van der Waals surface area contributed by atoms with Gasteiger partial charge >= 0.3 is 28.2 Å². The molecule has 7 heavy (non-hydrogen) atoms. The second kappa shape index (κ2) is 15.7. The predicted molar refractivity (Wildman–Crippen MR) is 20.5 cm³/mol. The predicted octanol–water partition coefficient (Wildman–Crippen LogP) is -5.94. The van der Waals surface area contributed by atoms with Gasteiger partial charge in [-0.3, -0.25) is 4.21 Å². The molecule has 0 saturated carbocycles. The molecule has 0 aromatic carbocycles. The second-order valence-corrected chi connectivity index (χ2v) is 3.88. The molecule has 0 amide bonds. The van der Waals surface area contributed by atoms with E-state index in [9.17, 15) is 0 Å². The SMILES string of the molecule is O=[SH2].[CH2]1[CH2][Pt+2]1.[Cl-].[Cl-]. The topological polar surface area (TPSA) is 17.1 Å². The van der Waals surface area contributed by atoms with Crippen molar-refractivity contribution in [2.45, 2.75) is 9.62 Å². The van der Waals surface area contributed by atoms with Crippen molar-refractivity contribution >= 4 is 12.5 Å². The Morgan fingerprint density at radius 1 is 1.14 bits per heavy atom. The molecule has 0 aromatic rings. The fraction of sp³-hybridized carbons (Fsp3) is 1.00. The third-order valence-electron chi connectivity index (χ3n) is 0.158. The van der Waals surface area contributed by atoms with Crippen LogP contribution in [0.2, 0.25) is 9.62 Å². The largest absolute Gasteiger partial charge is 1.00 e. The Morgan fingerprint density at radius 2 is 1.29 bits per heavy atom. The first kappa shape index (κ1) is 15.8. The zero-order chi connectivity index (χ0) is 4.12. The van der Waals surface area contributed by atoms with E-state index in [2.05, 4.69) is 0 Å². The maximum Gasteiger partial charge on any atom is -1.00 e. The van der Waals surface area contributed by atoms with Crippen molar-refractivity contribution in [2.75, 3.05) is 0 Å². The average Bonchev–Trinajstić information content (AvgIpc) is 2.19. The van der Waals surface area contributed by atoms with Crippen molar-refractivity contribution in [2.24, 2.45) is 0 Å². The van der Waals surface area contributed by atoms with Crippen LogP contribution in [0.4, 0.5) is 0 Å². The molecule has 0 radical (unpaired) electrons. The molecular formula is C2H6Cl2OPtS. The van der Waals surface area contributed by atoms with Crippen molar-refractivity contribution in [1.82, 2.24) is 0 Å². The van der Waals surface area contributed by atoms with Gasteiger partial charge in [-0.1, -0.05) is 0 Å². The van der Waals surface area contributed by atoms with E-state index in [1.807, 2.05) is 0 Å². The second-order valence-electron chi connectivity index (χ2n) is 0.474. The first-order chi connectivity index (χ1) is 2.50. The Hall–Kier alpha value is 1.42. The molecule has 0 atom stereocenters. The van der Waals surface area contributed by atoms with Crippen LogP contribution in [-0.4, -0.2) is 4.21 Å². The summed E-state index contributed by atoms with van der Waals surface area (Å²) in [5, 5.41) is 0. The molecule has 5 heteroatoms. The molecule has 1 rings (SSSR count). The standard InChI is InChI=1S/C2H4.2ClH.H2OS.Pt/c1-2;;;1-2;/h1-2H2;2*1H;2H2;/q;;;;+2/p-2. The van der Waals surface area contributed by atoms with Crippen LogP contribution in [0.15, 0.2) is 0 Å².